The number of aryl methyl sites for hydroxylation is 2. The summed E-state index contributed by atoms with van der Waals surface area (Å²) in [6, 6.07) is 23.7. The number of para-hydroxylation sites is 1. The normalized spacial score (nSPS) is 13.4. The van der Waals surface area contributed by atoms with Gasteiger partial charge in [-0.05, 0) is 77.2 Å². The Balaban J connectivity index is 1.52. The molecular weight excluding hydrogens is 398 g/mol. The molecule has 0 bridgehead atoms. The molecule has 1 heterocycles. The Morgan fingerprint density at radius 2 is 1.59 bits per heavy atom. The molecule has 1 aliphatic rings. The predicted octanol–water partition coefficient (Wildman–Crippen LogP) is 6.91. The second-order valence-electron chi connectivity index (χ2n) is 8.36. The van der Waals surface area contributed by atoms with E-state index in [1.54, 1.807) is 6.07 Å². The van der Waals surface area contributed by atoms with E-state index in [0.717, 1.165) is 29.0 Å². The summed E-state index contributed by atoms with van der Waals surface area (Å²) in [5.74, 6) is -0.350. The molecule has 0 amide bonds. The molecule has 0 aliphatic heterocycles. The van der Waals surface area contributed by atoms with Crippen LogP contribution in [0, 0.1) is 0 Å². The smallest absolute Gasteiger partial charge is 0.341 e. The average Bonchev–Trinajstić information content (AvgIpc) is 2.83. The van der Waals surface area contributed by atoms with Gasteiger partial charge in [-0.3, -0.25) is 0 Å². The van der Waals surface area contributed by atoms with Crippen molar-refractivity contribution in [3.05, 3.63) is 89.5 Å². The highest BCUT2D eigenvalue weighted by atomic mass is 16.5. The Hall–Kier alpha value is -3.92. The fraction of sp³-hybridized carbons (Fsp3) is 0.143. The van der Waals surface area contributed by atoms with E-state index in [9.17, 15) is 9.90 Å². The zero-order valence-corrected chi connectivity index (χ0v) is 17.5. The standard InChI is InChI=1S/C28H21NO3/c30-28(31)24-16-18-7-2-4-10-25(18)29-27(24)32-26-11-5-9-20-22-13-12-17-6-1-3-8-19(17)21(22)14-15-23(20)26/h2,4-5,7,9-16H,1,3,6,8H2,(H,30,31). The number of hydrogen-bond donors (Lipinski definition) is 1. The number of aromatic carboxylic acids is 1. The highest BCUT2D eigenvalue weighted by Crippen LogP contribution is 2.38. The fourth-order valence-electron chi connectivity index (χ4n) is 4.92. The Labute approximate surface area is 185 Å². The minimum Gasteiger partial charge on any atom is -0.477 e. The van der Waals surface area contributed by atoms with Crippen LogP contribution in [0.2, 0.25) is 0 Å². The van der Waals surface area contributed by atoms with Gasteiger partial charge in [0, 0.05) is 10.8 Å². The van der Waals surface area contributed by atoms with Crippen molar-refractivity contribution < 1.29 is 14.6 Å². The molecule has 1 aliphatic carbocycles. The molecule has 4 nitrogen and oxygen atoms in total. The molecular formula is C28H21NO3. The first-order valence-corrected chi connectivity index (χ1v) is 11.0. The van der Waals surface area contributed by atoms with Gasteiger partial charge in [-0.15, -0.1) is 0 Å². The number of aromatic nitrogens is 1. The third kappa shape index (κ3) is 2.99. The van der Waals surface area contributed by atoms with Crippen LogP contribution >= 0.6 is 0 Å². The van der Waals surface area contributed by atoms with E-state index in [4.69, 9.17) is 4.74 Å². The molecule has 0 radical (unpaired) electrons. The zero-order chi connectivity index (χ0) is 21.7. The predicted molar refractivity (Wildman–Crippen MR) is 127 cm³/mol. The van der Waals surface area contributed by atoms with Gasteiger partial charge in [0.1, 0.15) is 11.3 Å². The molecule has 1 N–H and O–H groups in total. The quantitative estimate of drug-likeness (QED) is 0.323. The minimum atomic E-state index is -1.06. The second-order valence-corrected chi connectivity index (χ2v) is 8.36. The first-order chi connectivity index (χ1) is 15.7. The van der Waals surface area contributed by atoms with Crippen molar-refractivity contribution in [2.24, 2.45) is 0 Å². The summed E-state index contributed by atoms with van der Waals surface area (Å²) in [6.07, 6.45) is 4.77. The van der Waals surface area contributed by atoms with Crippen molar-refractivity contribution in [1.82, 2.24) is 4.98 Å². The molecule has 0 unspecified atom stereocenters. The number of pyridine rings is 1. The van der Waals surface area contributed by atoms with Gasteiger partial charge in [-0.1, -0.05) is 48.5 Å². The minimum absolute atomic E-state index is 0.0514. The van der Waals surface area contributed by atoms with Gasteiger partial charge < -0.3 is 9.84 Å². The van der Waals surface area contributed by atoms with Crippen LogP contribution in [-0.4, -0.2) is 16.1 Å². The molecule has 4 aromatic carbocycles. The number of hydrogen-bond acceptors (Lipinski definition) is 3. The van der Waals surface area contributed by atoms with E-state index in [0.29, 0.717) is 11.3 Å². The van der Waals surface area contributed by atoms with Gasteiger partial charge in [-0.2, -0.15) is 0 Å². The van der Waals surface area contributed by atoms with Gasteiger partial charge in [0.05, 0.1) is 5.52 Å². The van der Waals surface area contributed by atoms with Crippen molar-refractivity contribution in [3.8, 4) is 11.6 Å². The average molecular weight is 419 g/mol. The molecule has 6 rings (SSSR count). The summed E-state index contributed by atoms with van der Waals surface area (Å²) < 4.78 is 6.16. The Morgan fingerprint density at radius 1 is 0.812 bits per heavy atom. The van der Waals surface area contributed by atoms with Crippen molar-refractivity contribution >= 4 is 38.4 Å². The third-order valence-electron chi connectivity index (χ3n) is 6.48. The van der Waals surface area contributed by atoms with Gasteiger partial charge in [0.25, 0.3) is 0 Å². The summed E-state index contributed by atoms with van der Waals surface area (Å²) >= 11 is 0. The summed E-state index contributed by atoms with van der Waals surface area (Å²) in [5, 5.41) is 15.1. The van der Waals surface area contributed by atoms with Crippen LogP contribution in [-0.2, 0) is 12.8 Å². The van der Waals surface area contributed by atoms with E-state index in [-0.39, 0.29) is 11.4 Å². The van der Waals surface area contributed by atoms with Crippen LogP contribution in [0.25, 0.3) is 32.4 Å². The highest BCUT2D eigenvalue weighted by Gasteiger charge is 2.18. The molecule has 156 valence electrons. The Bertz CT molecular complexity index is 1540. The first kappa shape index (κ1) is 18.8. The maximum atomic E-state index is 11.9. The topological polar surface area (TPSA) is 59.4 Å². The zero-order valence-electron chi connectivity index (χ0n) is 17.5. The summed E-state index contributed by atoms with van der Waals surface area (Å²) in [5.41, 5.74) is 3.67. The van der Waals surface area contributed by atoms with Crippen LogP contribution in [0.15, 0.2) is 72.8 Å². The highest BCUT2D eigenvalue weighted by molar-refractivity contribution is 6.10. The lowest BCUT2D eigenvalue weighted by Gasteiger charge is -2.19. The first-order valence-electron chi connectivity index (χ1n) is 11.0. The second kappa shape index (κ2) is 7.34. The van der Waals surface area contributed by atoms with Crippen molar-refractivity contribution in [2.75, 3.05) is 0 Å². The lowest BCUT2D eigenvalue weighted by atomic mass is 9.86. The third-order valence-corrected chi connectivity index (χ3v) is 6.48. The van der Waals surface area contributed by atoms with E-state index < -0.39 is 5.97 Å². The molecule has 0 saturated heterocycles. The number of carboxylic acid groups (broad SMARTS) is 1. The van der Waals surface area contributed by atoms with E-state index in [1.165, 1.54) is 34.7 Å². The molecule has 0 spiro atoms. The maximum Gasteiger partial charge on any atom is 0.341 e. The number of rotatable bonds is 3. The number of nitrogens with zero attached hydrogens (tertiary/aromatic N) is 1. The molecule has 0 atom stereocenters. The number of ether oxygens (including phenoxy) is 1. The Morgan fingerprint density at radius 3 is 2.50 bits per heavy atom. The monoisotopic (exact) mass is 419 g/mol. The molecule has 1 aromatic heterocycles. The van der Waals surface area contributed by atoms with Crippen molar-refractivity contribution in [2.45, 2.75) is 25.7 Å². The fourth-order valence-corrected chi connectivity index (χ4v) is 4.92. The van der Waals surface area contributed by atoms with Crippen molar-refractivity contribution in [3.63, 3.8) is 0 Å². The molecule has 4 heteroatoms. The van der Waals surface area contributed by atoms with Crippen LogP contribution in [0.3, 0.4) is 0 Å². The summed E-state index contributed by atoms with van der Waals surface area (Å²) in [4.78, 5) is 16.4. The van der Waals surface area contributed by atoms with Gasteiger partial charge in [-0.25, -0.2) is 9.78 Å². The molecule has 0 saturated carbocycles. The number of carbonyl (C=O) groups is 1. The largest absolute Gasteiger partial charge is 0.477 e. The van der Waals surface area contributed by atoms with E-state index in [2.05, 4.69) is 35.3 Å². The molecule has 5 aromatic rings. The number of benzene rings is 4. The molecule has 32 heavy (non-hydrogen) atoms. The maximum absolute atomic E-state index is 11.9. The van der Waals surface area contributed by atoms with Crippen LogP contribution in [0.1, 0.15) is 34.3 Å². The van der Waals surface area contributed by atoms with Gasteiger partial charge in [0.15, 0.2) is 0 Å². The van der Waals surface area contributed by atoms with E-state index >= 15 is 0 Å². The lowest BCUT2D eigenvalue weighted by molar-refractivity contribution is 0.0693. The summed E-state index contributed by atoms with van der Waals surface area (Å²) in [6.45, 7) is 0. The SMILES string of the molecule is O=C(O)c1cc2ccccc2nc1Oc1cccc2c1ccc1c3c(ccc12)CCCC3. The van der Waals surface area contributed by atoms with Crippen molar-refractivity contribution in [1.29, 1.82) is 0 Å². The Kier molecular flexibility index (Phi) is 4.32. The number of fused-ring (bicyclic) bond motifs is 6. The molecule has 0 fully saturated rings. The van der Waals surface area contributed by atoms with Crippen LogP contribution in [0.5, 0.6) is 11.6 Å². The summed E-state index contributed by atoms with van der Waals surface area (Å²) in [7, 11) is 0. The van der Waals surface area contributed by atoms with Crippen LogP contribution < -0.4 is 4.74 Å². The van der Waals surface area contributed by atoms with E-state index in [1.807, 2.05) is 36.4 Å². The van der Waals surface area contributed by atoms with Crippen LogP contribution in [0.4, 0.5) is 0 Å². The number of carboxylic acids is 1. The van der Waals surface area contributed by atoms with Gasteiger partial charge in [0.2, 0.25) is 5.88 Å². The van der Waals surface area contributed by atoms with Gasteiger partial charge >= 0.3 is 5.97 Å². The lowest BCUT2D eigenvalue weighted by Crippen LogP contribution is -2.03.